The summed E-state index contributed by atoms with van der Waals surface area (Å²) in [4.78, 5) is 24.1. The smallest absolute Gasteiger partial charge is 0.228 e. The number of carbonyl (C=O) groups is 2. The molecule has 0 unspecified atom stereocenters. The van der Waals surface area contributed by atoms with E-state index in [9.17, 15) is 9.59 Å². The predicted octanol–water partition coefficient (Wildman–Crippen LogP) is 2.77. The zero-order valence-corrected chi connectivity index (χ0v) is 11.1. The first-order chi connectivity index (χ1) is 9.17. The van der Waals surface area contributed by atoms with E-state index in [0.29, 0.717) is 30.1 Å². The van der Waals surface area contributed by atoms with Gasteiger partial charge in [-0.05, 0) is 31.5 Å². The highest BCUT2D eigenvalue weighted by molar-refractivity contribution is 6.23. The molecule has 19 heavy (non-hydrogen) atoms. The molecule has 0 aliphatic heterocycles. The Balaban J connectivity index is 2.35. The van der Waals surface area contributed by atoms with Crippen molar-refractivity contribution in [3.8, 4) is 5.75 Å². The van der Waals surface area contributed by atoms with E-state index in [-0.39, 0.29) is 17.3 Å². The van der Waals surface area contributed by atoms with Gasteiger partial charge in [0.15, 0.2) is 11.5 Å². The highest BCUT2D eigenvalue weighted by atomic mass is 16.5. The Bertz CT molecular complexity index is 543. The molecule has 0 amide bonds. The van der Waals surface area contributed by atoms with E-state index < -0.39 is 0 Å². The second kappa shape index (κ2) is 5.69. The molecule has 0 heterocycles. The third kappa shape index (κ3) is 2.67. The molecule has 4 heteroatoms. The largest absolute Gasteiger partial charge is 0.494 e. The van der Waals surface area contributed by atoms with Crippen LogP contribution in [0.15, 0.2) is 30.0 Å². The van der Waals surface area contributed by atoms with Crippen LogP contribution in [0.4, 0.5) is 0 Å². The van der Waals surface area contributed by atoms with E-state index in [4.69, 9.17) is 9.47 Å². The van der Waals surface area contributed by atoms with E-state index in [1.54, 1.807) is 18.2 Å². The molecule has 0 bridgehead atoms. The van der Waals surface area contributed by atoms with Crippen molar-refractivity contribution in [2.45, 2.75) is 20.3 Å². The van der Waals surface area contributed by atoms with Crippen LogP contribution in [0.3, 0.4) is 0 Å². The summed E-state index contributed by atoms with van der Waals surface area (Å²) in [6.45, 7) is 4.74. The lowest BCUT2D eigenvalue weighted by atomic mass is 9.93. The summed E-state index contributed by atoms with van der Waals surface area (Å²) in [6.07, 6.45) is 2.05. The molecular weight excluding hydrogens is 244 g/mol. The number of carbonyl (C=O) groups excluding carboxylic acids is 2. The number of Topliss-reactive ketones (excluding diaryl/α,β-unsaturated/α-hetero) is 1. The molecule has 0 saturated heterocycles. The molecule has 2 rings (SSSR count). The molecule has 0 saturated carbocycles. The van der Waals surface area contributed by atoms with Gasteiger partial charge in [0.1, 0.15) is 5.75 Å². The van der Waals surface area contributed by atoms with Crippen molar-refractivity contribution in [2.24, 2.45) is 0 Å². The quantitative estimate of drug-likeness (QED) is 0.816. The molecule has 0 aromatic heterocycles. The summed E-state index contributed by atoms with van der Waals surface area (Å²) in [5.41, 5.74) is 0.752. The number of benzene rings is 1. The Kier molecular flexibility index (Phi) is 4.00. The van der Waals surface area contributed by atoms with Gasteiger partial charge in [0.25, 0.3) is 0 Å². The van der Waals surface area contributed by atoms with Crippen LogP contribution in [0, 0.1) is 0 Å². The van der Waals surface area contributed by atoms with E-state index in [2.05, 4.69) is 0 Å². The summed E-state index contributed by atoms with van der Waals surface area (Å²) in [5, 5.41) is 0. The minimum atomic E-state index is -0.260. The van der Waals surface area contributed by atoms with E-state index in [1.165, 1.54) is 6.08 Å². The lowest BCUT2D eigenvalue weighted by Crippen LogP contribution is -2.19. The van der Waals surface area contributed by atoms with Crippen molar-refractivity contribution in [2.75, 3.05) is 13.2 Å². The number of allylic oxidation sites excluding steroid dienone is 2. The third-order valence-corrected chi connectivity index (χ3v) is 2.76. The van der Waals surface area contributed by atoms with Crippen LogP contribution in [0.5, 0.6) is 5.75 Å². The number of ether oxygens (including phenoxy) is 2. The van der Waals surface area contributed by atoms with Gasteiger partial charge in [-0.25, -0.2) is 0 Å². The third-order valence-electron chi connectivity index (χ3n) is 2.76. The van der Waals surface area contributed by atoms with Crippen molar-refractivity contribution in [1.82, 2.24) is 0 Å². The summed E-state index contributed by atoms with van der Waals surface area (Å²) in [7, 11) is 0. The predicted molar refractivity (Wildman–Crippen MR) is 70.6 cm³/mol. The zero-order valence-electron chi connectivity index (χ0n) is 11.1. The van der Waals surface area contributed by atoms with Gasteiger partial charge < -0.3 is 9.47 Å². The number of hydrogen-bond donors (Lipinski definition) is 0. The van der Waals surface area contributed by atoms with Gasteiger partial charge in [-0.1, -0.05) is 6.92 Å². The van der Waals surface area contributed by atoms with Crippen molar-refractivity contribution in [1.29, 1.82) is 0 Å². The molecule has 0 N–H and O–H groups in total. The van der Waals surface area contributed by atoms with Gasteiger partial charge in [-0.15, -0.1) is 0 Å². The van der Waals surface area contributed by atoms with Crippen molar-refractivity contribution in [3.63, 3.8) is 0 Å². The van der Waals surface area contributed by atoms with Gasteiger partial charge >= 0.3 is 0 Å². The number of ketones is 2. The van der Waals surface area contributed by atoms with Crippen LogP contribution in [0.1, 0.15) is 41.0 Å². The fraction of sp³-hybridized carbons (Fsp3) is 0.333. The first-order valence-corrected chi connectivity index (χ1v) is 6.37. The van der Waals surface area contributed by atoms with Crippen LogP contribution in [0.2, 0.25) is 0 Å². The summed E-state index contributed by atoms with van der Waals surface area (Å²) >= 11 is 0. The molecule has 1 aliphatic rings. The summed E-state index contributed by atoms with van der Waals surface area (Å²) in [6, 6.07) is 4.91. The van der Waals surface area contributed by atoms with E-state index in [0.717, 1.165) is 6.42 Å². The number of fused-ring (bicyclic) bond motifs is 1. The molecule has 1 aromatic rings. The van der Waals surface area contributed by atoms with Gasteiger partial charge in [-0.3, -0.25) is 9.59 Å². The second-order valence-electron chi connectivity index (χ2n) is 4.19. The minimum Gasteiger partial charge on any atom is -0.494 e. The maximum absolute atomic E-state index is 12.2. The first-order valence-electron chi connectivity index (χ1n) is 6.37. The minimum absolute atomic E-state index is 0.119. The second-order valence-corrected chi connectivity index (χ2v) is 4.19. The van der Waals surface area contributed by atoms with E-state index in [1.807, 2.05) is 13.8 Å². The Morgan fingerprint density at radius 3 is 2.53 bits per heavy atom. The molecule has 0 fully saturated rings. The molecule has 0 spiro atoms. The molecule has 0 radical (unpaired) electrons. The van der Waals surface area contributed by atoms with Crippen molar-refractivity contribution in [3.05, 3.63) is 41.2 Å². The molecular formula is C15H16O4. The van der Waals surface area contributed by atoms with Crippen molar-refractivity contribution >= 4 is 11.6 Å². The fourth-order valence-electron chi connectivity index (χ4n) is 1.90. The van der Waals surface area contributed by atoms with Gasteiger partial charge in [0.05, 0.1) is 13.2 Å². The Morgan fingerprint density at radius 1 is 1.05 bits per heavy atom. The number of hydrogen-bond acceptors (Lipinski definition) is 4. The normalized spacial score (nSPS) is 13.9. The van der Waals surface area contributed by atoms with E-state index >= 15 is 0 Å². The first kappa shape index (κ1) is 13.3. The Labute approximate surface area is 112 Å². The SMILES string of the molecule is CCCOC1=CC(=O)c2ccc(OCC)cc2C1=O. The highest BCUT2D eigenvalue weighted by Gasteiger charge is 2.27. The highest BCUT2D eigenvalue weighted by Crippen LogP contribution is 2.26. The van der Waals surface area contributed by atoms with Crippen LogP contribution in [-0.4, -0.2) is 24.8 Å². The molecule has 1 aromatic carbocycles. The fourth-order valence-corrected chi connectivity index (χ4v) is 1.90. The van der Waals surface area contributed by atoms with Gasteiger partial charge in [-0.2, -0.15) is 0 Å². The standard InChI is InChI=1S/C15H16O4/c1-3-7-19-14-9-13(16)11-6-5-10(18-4-2)8-12(11)15(14)17/h5-6,8-9H,3-4,7H2,1-2H3. The molecule has 100 valence electrons. The lowest BCUT2D eigenvalue weighted by molar-refractivity contribution is 0.0883. The average Bonchev–Trinajstić information content (AvgIpc) is 2.41. The topological polar surface area (TPSA) is 52.6 Å². The maximum Gasteiger partial charge on any atom is 0.228 e. The maximum atomic E-state index is 12.2. The summed E-state index contributed by atoms with van der Waals surface area (Å²) < 4.78 is 10.7. The molecule has 1 aliphatic carbocycles. The molecule has 0 atom stereocenters. The van der Waals surface area contributed by atoms with Crippen LogP contribution in [0.25, 0.3) is 0 Å². The monoisotopic (exact) mass is 260 g/mol. The average molecular weight is 260 g/mol. The van der Waals surface area contributed by atoms with Crippen molar-refractivity contribution < 1.29 is 19.1 Å². The lowest BCUT2D eigenvalue weighted by Gasteiger charge is -2.16. The Morgan fingerprint density at radius 2 is 1.84 bits per heavy atom. The van der Waals surface area contributed by atoms with Crippen LogP contribution >= 0.6 is 0 Å². The zero-order chi connectivity index (χ0) is 13.8. The molecule has 4 nitrogen and oxygen atoms in total. The van der Waals surface area contributed by atoms with Crippen LogP contribution < -0.4 is 4.74 Å². The Hall–Kier alpha value is -2.10. The van der Waals surface area contributed by atoms with Gasteiger partial charge in [0, 0.05) is 17.2 Å². The van der Waals surface area contributed by atoms with Crippen LogP contribution in [-0.2, 0) is 4.74 Å². The number of rotatable bonds is 5. The summed E-state index contributed by atoms with van der Waals surface area (Å²) in [5.74, 6) is 0.237. The van der Waals surface area contributed by atoms with Gasteiger partial charge in [0.2, 0.25) is 5.78 Å².